The summed E-state index contributed by atoms with van der Waals surface area (Å²) in [7, 11) is 1.31. The molecular weight excluding hydrogens is 332 g/mol. The summed E-state index contributed by atoms with van der Waals surface area (Å²) in [5, 5.41) is 5.79. The summed E-state index contributed by atoms with van der Waals surface area (Å²) in [6, 6.07) is 16.7. The van der Waals surface area contributed by atoms with Crippen LogP contribution in [-0.4, -0.2) is 37.6 Å². The Bertz CT molecular complexity index is 746. The Kier molecular flexibility index (Phi) is 5.86. The van der Waals surface area contributed by atoms with E-state index in [0.717, 1.165) is 16.9 Å². The second-order valence-corrected chi connectivity index (χ2v) is 6.17. The van der Waals surface area contributed by atoms with Gasteiger partial charge < -0.3 is 20.1 Å². The Morgan fingerprint density at radius 3 is 2.46 bits per heavy atom. The van der Waals surface area contributed by atoms with Gasteiger partial charge in [-0.1, -0.05) is 42.5 Å². The predicted molar refractivity (Wildman–Crippen MR) is 96.7 cm³/mol. The first-order valence-electron chi connectivity index (χ1n) is 8.53. The third kappa shape index (κ3) is 4.61. The molecule has 1 heterocycles. The lowest BCUT2D eigenvalue weighted by Gasteiger charge is -2.28. The fraction of sp³-hybridized carbons (Fsp3) is 0.300. The maximum absolute atomic E-state index is 12.1. The molecule has 0 saturated carbocycles. The van der Waals surface area contributed by atoms with Crippen molar-refractivity contribution < 1.29 is 19.1 Å². The van der Waals surface area contributed by atoms with Crippen molar-refractivity contribution in [1.82, 2.24) is 10.6 Å². The zero-order valence-corrected chi connectivity index (χ0v) is 14.6. The van der Waals surface area contributed by atoms with Crippen LogP contribution in [0.25, 0.3) is 0 Å². The summed E-state index contributed by atoms with van der Waals surface area (Å²) in [6.45, 7) is 0.878. The van der Waals surface area contributed by atoms with Crippen LogP contribution in [0.2, 0.25) is 0 Å². The molecule has 3 rings (SSSR count). The first-order chi connectivity index (χ1) is 12.7. The number of ether oxygens (including phenoxy) is 2. The molecule has 0 bridgehead atoms. The number of carbonyl (C=O) groups excluding carboxylic acids is 2. The highest BCUT2D eigenvalue weighted by molar-refractivity contribution is 5.89. The summed E-state index contributed by atoms with van der Waals surface area (Å²) in [5.41, 5.74) is 2.13. The van der Waals surface area contributed by atoms with Crippen LogP contribution < -0.4 is 15.4 Å². The summed E-state index contributed by atoms with van der Waals surface area (Å²) < 4.78 is 10.4. The number of methoxy groups -OCH3 is 1. The molecule has 2 atom stereocenters. The molecule has 136 valence electrons. The van der Waals surface area contributed by atoms with Crippen LogP contribution in [0.3, 0.4) is 0 Å². The molecule has 1 fully saturated rings. The minimum atomic E-state index is -0.627. The smallest absolute Gasteiger partial charge is 0.329 e. The van der Waals surface area contributed by atoms with Crippen LogP contribution in [0, 0.1) is 0 Å². The molecule has 0 aromatic heterocycles. The molecule has 0 radical (unpaired) electrons. The number of rotatable bonds is 6. The van der Waals surface area contributed by atoms with Gasteiger partial charge in [0.05, 0.1) is 13.2 Å². The molecule has 2 unspecified atom stereocenters. The average Bonchev–Trinajstić information content (AvgIpc) is 2.69. The van der Waals surface area contributed by atoms with E-state index in [9.17, 15) is 9.59 Å². The lowest BCUT2D eigenvalue weighted by Crippen LogP contribution is -2.61. The molecule has 6 nitrogen and oxygen atoms in total. The zero-order chi connectivity index (χ0) is 18.4. The number of hydrogen-bond acceptors (Lipinski definition) is 5. The van der Waals surface area contributed by atoms with Gasteiger partial charge >= 0.3 is 5.97 Å². The van der Waals surface area contributed by atoms with Crippen molar-refractivity contribution in [2.75, 3.05) is 13.7 Å². The molecule has 26 heavy (non-hydrogen) atoms. The maximum Gasteiger partial charge on any atom is 0.329 e. The van der Waals surface area contributed by atoms with E-state index >= 15 is 0 Å². The van der Waals surface area contributed by atoms with Crippen molar-refractivity contribution in [2.24, 2.45) is 0 Å². The maximum atomic E-state index is 12.1. The molecule has 2 N–H and O–H groups in total. The van der Waals surface area contributed by atoms with E-state index in [2.05, 4.69) is 15.4 Å². The molecule has 2 aromatic carbocycles. The van der Waals surface area contributed by atoms with Gasteiger partial charge in [0.1, 0.15) is 18.4 Å². The van der Waals surface area contributed by atoms with Crippen molar-refractivity contribution in [3.63, 3.8) is 0 Å². The zero-order valence-electron chi connectivity index (χ0n) is 14.6. The Labute approximate surface area is 152 Å². The monoisotopic (exact) mass is 354 g/mol. The van der Waals surface area contributed by atoms with E-state index in [1.807, 2.05) is 54.6 Å². The van der Waals surface area contributed by atoms with Gasteiger partial charge in [-0.3, -0.25) is 4.79 Å². The van der Waals surface area contributed by atoms with E-state index in [1.165, 1.54) is 7.11 Å². The Morgan fingerprint density at radius 2 is 1.81 bits per heavy atom. The van der Waals surface area contributed by atoms with Gasteiger partial charge in [-0.15, -0.1) is 0 Å². The standard InChI is InChI=1S/C20H22N2O4/c1-25-20(24)18-12-21-17(19(23)22-18)11-14-7-9-16(10-8-14)26-13-15-5-3-2-4-6-15/h2-10,17-18,21H,11-13H2,1H3,(H,22,23). The fourth-order valence-electron chi connectivity index (χ4n) is 2.82. The molecular formula is C20H22N2O4. The summed E-state index contributed by atoms with van der Waals surface area (Å²) in [4.78, 5) is 23.6. The van der Waals surface area contributed by atoms with Gasteiger partial charge in [0.2, 0.25) is 5.91 Å². The average molecular weight is 354 g/mol. The first kappa shape index (κ1) is 17.9. The topological polar surface area (TPSA) is 76.7 Å². The summed E-state index contributed by atoms with van der Waals surface area (Å²) in [5.74, 6) is 0.143. The van der Waals surface area contributed by atoms with E-state index in [0.29, 0.717) is 19.6 Å². The van der Waals surface area contributed by atoms with E-state index in [1.54, 1.807) is 0 Å². The molecule has 1 amide bonds. The van der Waals surface area contributed by atoms with Crippen molar-refractivity contribution in [3.05, 3.63) is 65.7 Å². The number of amides is 1. The SMILES string of the molecule is COC(=O)C1CNC(Cc2ccc(OCc3ccccc3)cc2)C(=O)N1. The molecule has 0 aliphatic carbocycles. The van der Waals surface area contributed by atoms with Crippen molar-refractivity contribution in [2.45, 2.75) is 25.1 Å². The molecule has 0 spiro atoms. The molecule has 1 aliphatic rings. The lowest BCUT2D eigenvalue weighted by molar-refractivity contribution is -0.146. The van der Waals surface area contributed by atoms with E-state index in [-0.39, 0.29) is 11.9 Å². The quantitative estimate of drug-likeness (QED) is 0.768. The summed E-state index contributed by atoms with van der Waals surface area (Å²) >= 11 is 0. The molecule has 1 saturated heterocycles. The number of esters is 1. The fourth-order valence-corrected chi connectivity index (χ4v) is 2.82. The van der Waals surface area contributed by atoms with Gasteiger partial charge in [-0.05, 0) is 29.7 Å². The highest BCUT2D eigenvalue weighted by Gasteiger charge is 2.31. The Balaban J connectivity index is 1.51. The molecule has 1 aliphatic heterocycles. The van der Waals surface area contributed by atoms with Crippen molar-refractivity contribution in [1.29, 1.82) is 0 Å². The Hall–Kier alpha value is -2.86. The third-order valence-electron chi connectivity index (χ3n) is 4.30. The second kappa shape index (κ2) is 8.49. The number of nitrogens with one attached hydrogen (secondary N) is 2. The third-order valence-corrected chi connectivity index (χ3v) is 4.30. The van der Waals surface area contributed by atoms with Crippen LogP contribution in [-0.2, 0) is 27.4 Å². The second-order valence-electron chi connectivity index (χ2n) is 6.17. The number of benzene rings is 2. The van der Waals surface area contributed by atoms with Crippen LogP contribution >= 0.6 is 0 Å². The van der Waals surface area contributed by atoms with E-state index in [4.69, 9.17) is 4.74 Å². The molecule has 2 aromatic rings. The molecule has 6 heteroatoms. The van der Waals surface area contributed by atoms with Gasteiger partial charge in [0.25, 0.3) is 0 Å². The minimum absolute atomic E-state index is 0.198. The lowest BCUT2D eigenvalue weighted by atomic mass is 10.0. The van der Waals surface area contributed by atoms with Crippen LogP contribution in [0.4, 0.5) is 0 Å². The number of piperazine rings is 1. The van der Waals surface area contributed by atoms with Crippen LogP contribution in [0.1, 0.15) is 11.1 Å². The van der Waals surface area contributed by atoms with Crippen LogP contribution in [0.5, 0.6) is 5.75 Å². The highest BCUT2D eigenvalue weighted by Crippen LogP contribution is 2.16. The van der Waals surface area contributed by atoms with Crippen molar-refractivity contribution >= 4 is 11.9 Å². The van der Waals surface area contributed by atoms with Gasteiger partial charge in [0.15, 0.2) is 0 Å². The number of hydrogen-bond donors (Lipinski definition) is 2. The first-order valence-corrected chi connectivity index (χ1v) is 8.53. The minimum Gasteiger partial charge on any atom is -0.489 e. The normalized spacial score (nSPS) is 19.5. The van der Waals surface area contributed by atoms with Gasteiger partial charge in [-0.2, -0.15) is 0 Å². The van der Waals surface area contributed by atoms with Crippen LogP contribution in [0.15, 0.2) is 54.6 Å². The summed E-state index contributed by atoms with van der Waals surface area (Å²) in [6.07, 6.45) is 0.540. The number of carbonyl (C=O) groups is 2. The van der Waals surface area contributed by atoms with E-state index < -0.39 is 12.0 Å². The van der Waals surface area contributed by atoms with Crippen molar-refractivity contribution in [3.8, 4) is 5.75 Å². The largest absolute Gasteiger partial charge is 0.489 e. The van der Waals surface area contributed by atoms with Gasteiger partial charge in [0, 0.05) is 6.54 Å². The highest BCUT2D eigenvalue weighted by atomic mass is 16.5. The Morgan fingerprint density at radius 1 is 1.08 bits per heavy atom. The predicted octanol–water partition coefficient (Wildman–Crippen LogP) is 1.44. The van der Waals surface area contributed by atoms with Gasteiger partial charge in [-0.25, -0.2) is 4.79 Å².